The van der Waals surface area contributed by atoms with Gasteiger partial charge >= 0.3 is 0 Å². The molecule has 160 valence electrons. The third kappa shape index (κ3) is 7.70. The van der Waals surface area contributed by atoms with Gasteiger partial charge in [-0.05, 0) is 61.2 Å². The maximum Gasteiger partial charge on any atom is 0.268 e. The summed E-state index contributed by atoms with van der Waals surface area (Å²) >= 11 is 0. The van der Waals surface area contributed by atoms with Crippen molar-refractivity contribution in [3.8, 4) is 5.75 Å². The molecule has 0 spiro atoms. The predicted molar refractivity (Wildman–Crippen MR) is 122 cm³/mol. The maximum atomic E-state index is 5.64. The summed E-state index contributed by atoms with van der Waals surface area (Å²) in [6.07, 6.45) is 8.76. The molecule has 0 aliphatic rings. The van der Waals surface area contributed by atoms with Crippen LogP contribution in [-0.4, -0.2) is 16.6 Å². The Morgan fingerprint density at radius 1 is 0.677 bits per heavy atom. The Kier molecular flexibility index (Phi) is 8.79. The first-order valence-corrected chi connectivity index (χ1v) is 10.7. The number of azo groups is 2. The molecule has 7 nitrogen and oxygen atoms in total. The van der Waals surface area contributed by atoms with Gasteiger partial charge in [-0.25, -0.2) is 9.97 Å². The average Bonchev–Trinajstić information content (AvgIpc) is 2.82. The van der Waals surface area contributed by atoms with Gasteiger partial charge in [0.1, 0.15) is 11.4 Å². The van der Waals surface area contributed by atoms with Gasteiger partial charge < -0.3 is 4.74 Å². The lowest BCUT2D eigenvalue weighted by Crippen LogP contribution is -1.95. The molecule has 0 saturated carbocycles. The summed E-state index contributed by atoms with van der Waals surface area (Å²) in [6.45, 7) is 5.05. The number of unbranched alkanes of at least 4 members (excludes halogenated alkanes) is 2. The summed E-state index contributed by atoms with van der Waals surface area (Å²) in [5.41, 5.74) is 3.36. The summed E-state index contributed by atoms with van der Waals surface area (Å²) < 4.78 is 5.64. The fourth-order valence-electron chi connectivity index (χ4n) is 2.69. The lowest BCUT2D eigenvalue weighted by molar-refractivity contribution is 0.309. The number of ether oxygens (including phenoxy) is 1. The van der Waals surface area contributed by atoms with E-state index in [0.29, 0.717) is 5.69 Å². The maximum absolute atomic E-state index is 5.64. The molecule has 0 aliphatic heterocycles. The Morgan fingerprint density at radius 2 is 1.26 bits per heavy atom. The van der Waals surface area contributed by atoms with E-state index in [1.807, 2.05) is 36.4 Å². The first kappa shape index (κ1) is 22.2. The normalized spacial score (nSPS) is 11.4. The zero-order valence-electron chi connectivity index (χ0n) is 18.1. The van der Waals surface area contributed by atoms with Gasteiger partial charge in [0.25, 0.3) is 5.95 Å². The number of benzene rings is 2. The molecule has 1 aromatic heterocycles. The third-order valence-electron chi connectivity index (χ3n) is 4.52. The van der Waals surface area contributed by atoms with Crippen molar-refractivity contribution in [1.29, 1.82) is 0 Å². The van der Waals surface area contributed by atoms with Gasteiger partial charge in [-0.1, -0.05) is 38.8 Å². The molecule has 0 amide bonds. The zero-order chi connectivity index (χ0) is 21.7. The second kappa shape index (κ2) is 12.3. The van der Waals surface area contributed by atoms with Gasteiger partial charge in [0.15, 0.2) is 0 Å². The molecule has 0 fully saturated rings. The van der Waals surface area contributed by atoms with Crippen LogP contribution in [-0.2, 0) is 6.42 Å². The highest BCUT2D eigenvalue weighted by molar-refractivity contribution is 5.42. The van der Waals surface area contributed by atoms with Gasteiger partial charge in [0.2, 0.25) is 0 Å². The lowest BCUT2D eigenvalue weighted by Gasteiger charge is -2.04. The Bertz CT molecular complexity index is 966. The van der Waals surface area contributed by atoms with Crippen LogP contribution in [0.25, 0.3) is 0 Å². The van der Waals surface area contributed by atoms with Crippen molar-refractivity contribution in [1.82, 2.24) is 9.97 Å². The number of hydrogen-bond donors (Lipinski definition) is 0. The Morgan fingerprint density at radius 3 is 1.90 bits per heavy atom. The number of hydrogen-bond acceptors (Lipinski definition) is 7. The fourth-order valence-corrected chi connectivity index (χ4v) is 2.69. The molecule has 7 heteroatoms. The second-order valence-electron chi connectivity index (χ2n) is 7.11. The van der Waals surface area contributed by atoms with Crippen molar-refractivity contribution in [2.24, 2.45) is 20.5 Å². The summed E-state index contributed by atoms with van der Waals surface area (Å²) in [4.78, 5) is 8.35. The van der Waals surface area contributed by atoms with E-state index in [9.17, 15) is 0 Å². The summed E-state index contributed by atoms with van der Waals surface area (Å²) in [5.74, 6) is 1.11. The van der Waals surface area contributed by atoms with Crippen LogP contribution in [0.1, 0.15) is 45.1 Å². The minimum absolute atomic E-state index is 0.280. The molecular weight excluding hydrogens is 388 g/mol. The van der Waals surface area contributed by atoms with Crippen LogP contribution in [0, 0.1) is 0 Å². The average molecular weight is 417 g/mol. The molecule has 3 aromatic rings. The van der Waals surface area contributed by atoms with E-state index < -0.39 is 0 Å². The SMILES string of the molecule is CCCCOc1ccc(N=Nc2cnc(N=Nc3ccc(CCCC)cc3)nc2)cc1. The molecule has 0 N–H and O–H groups in total. The van der Waals surface area contributed by atoms with E-state index in [-0.39, 0.29) is 5.95 Å². The highest BCUT2D eigenvalue weighted by Gasteiger charge is 1.98. The lowest BCUT2D eigenvalue weighted by atomic mass is 10.1. The monoisotopic (exact) mass is 416 g/mol. The van der Waals surface area contributed by atoms with E-state index in [0.717, 1.165) is 43.0 Å². The van der Waals surface area contributed by atoms with Crippen molar-refractivity contribution in [3.63, 3.8) is 0 Å². The van der Waals surface area contributed by atoms with Crippen LogP contribution in [0.2, 0.25) is 0 Å². The minimum Gasteiger partial charge on any atom is -0.494 e. The number of aromatic nitrogens is 2. The van der Waals surface area contributed by atoms with E-state index >= 15 is 0 Å². The van der Waals surface area contributed by atoms with Gasteiger partial charge in [-0.2, -0.15) is 5.11 Å². The van der Waals surface area contributed by atoms with Gasteiger partial charge in [-0.3, -0.25) is 0 Å². The molecule has 31 heavy (non-hydrogen) atoms. The van der Waals surface area contributed by atoms with E-state index in [1.165, 1.54) is 18.4 Å². The molecule has 2 aromatic carbocycles. The van der Waals surface area contributed by atoms with Crippen LogP contribution < -0.4 is 4.74 Å². The van der Waals surface area contributed by atoms with Crippen molar-refractivity contribution < 1.29 is 4.74 Å². The fraction of sp³-hybridized carbons (Fsp3) is 0.333. The number of aryl methyl sites for hydroxylation is 1. The molecule has 0 saturated heterocycles. The summed E-state index contributed by atoms with van der Waals surface area (Å²) in [6, 6.07) is 15.6. The highest BCUT2D eigenvalue weighted by atomic mass is 16.5. The molecule has 0 bridgehead atoms. The smallest absolute Gasteiger partial charge is 0.268 e. The minimum atomic E-state index is 0.280. The topological polar surface area (TPSA) is 84.5 Å². The number of rotatable bonds is 11. The van der Waals surface area contributed by atoms with Crippen molar-refractivity contribution in [2.45, 2.75) is 46.0 Å². The van der Waals surface area contributed by atoms with E-state index in [2.05, 4.69) is 56.4 Å². The van der Waals surface area contributed by atoms with E-state index in [4.69, 9.17) is 4.74 Å². The Balaban J connectivity index is 1.53. The molecule has 0 aliphatic carbocycles. The van der Waals surface area contributed by atoms with Crippen LogP contribution in [0.5, 0.6) is 5.75 Å². The third-order valence-corrected chi connectivity index (χ3v) is 4.52. The molecule has 0 atom stereocenters. The van der Waals surface area contributed by atoms with Crippen molar-refractivity contribution in [3.05, 3.63) is 66.5 Å². The highest BCUT2D eigenvalue weighted by Crippen LogP contribution is 2.22. The Labute approximate surface area is 183 Å². The first-order chi connectivity index (χ1) is 15.3. The molecular formula is C24H28N6O. The largest absolute Gasteiger partial charge is 0.494 e. The van der Waals surface area contributed by atoms with Gasteiger partial charge in [0, 0.05) is 0 Å². The molecule has 0 unspecified atom stereocenters. The van der Waals surface area contributed by atoms with Gasteiger partial charge in [0.05, 0.1) is 30.4 Å². The summed E-state index contributed by atoms with van der Waals surface area (Å²) in [5, 5.41) is 16.6. The Hall–Kier alpha value is -3.48. The first-order valence-electron chi connectivity index (χ1n) is 10.7. The van der Waals surface area contributed by atoms with E-state index in [1.54, 1.807) is 12.4 Å². The van der Waals surface area contributed by atoms with Crippen molar-refractivity contribution >= 4 is 23.0 Å². The van der Waals surface area contributed by atoms with Crippen LogP contribution in [0.4, 0.5) is 23.0 Å². The van der Waals surface area contributed by atoms with Gasteiger partial charge in [-0.15, -0.1) is 15.3 Å². The van der Waals surface area contributed by atoms with Crippen LogP contribution in [0.3, 0.4) is 0 Å². The quantitative estimate of drug-likeness (QED) is 0.236. The number of nitrogens with zero attached hydrogens (tertiary/aromatic N) is 6. The second-order valence-corrected chi connectivity index (χ2v) is 7.11. The zero-order valence-corrected chi connectivity index (χ0v) is 18.1. The summed E-state index contributed by atoms with van der Waals surface area (Å²) in [7, 11) is 0. The molecule has 3 rings (SSSR count). The molecule has 1 heterocycles. The standard InChI is InChI=1S/C24H28N6O/c1-3-5-7-19-8-10-20(11-9-19)28-30-24-25-17-22(18-26-24)29-27-21-12-14-23(15-13-21)31-16-6-4-2/h8-15,17-18H,3-7,16H2,1-2H3. The van der Waals surface area contributed by atoms with Crippen LogP contribution >= 0.6 is 0 Å². The van der Waals surface area contributed by atoms with Crippen LogP contribution in [0.15, 0.2) is 81.4 Å². The van der Waals surface area contributed by atoms with Crippen molar-refractivity contribution in [2.75, 3.05) is 6.61 Å². The predicted octanol–water partition coefficient (Wildman–Crippen LogP) is 7.83. The molecule has 0 radical (unpaired) electrons.